The Bertz CT molecular complexity index is 980. The van der Waals surface area contributed by atoms with Gasteiger partial charge in [0.1, 0.15) is 17.8 Å². The second-order valence-corrected chi connectivity index (χ2v) is 5.20. The van der Waals surface area contributed by atoms with E-state index in [1.165, 1.54) is 18.6 Å². The molecule has 0 bridgehead atoms. The van der Waals surface area contributed by atoms with Crippen LogP contribution in [-0.4, -0.2) is 24.3 Å². The normalized spacial score (nSPS) is 10.9. The van der Waals surface area contributed by atoms with Gasteiger partial charge in [0.25, 0.3) is 0 Å². The molecule has 24 heavy (non-hydrogen) atoms. The highest BCUT2D eigenvalue weighted by Crippen LogP contribution is 2.20. The van der Waals surface area contributed by atoms with Gasteiger partial charge in [0, 0.05) is 25.0 Å². The number of halogens is 1. The Hall–Kier alpha value is -3.35. The van der Waals surface area contributed by atoms with Crippen molar-refractivity contribution < 1.29 is 4.39 Å². The first-order valence-corrected chi connectivity index (χ1v) is 7.38. The van der Waals surface area contributed by atoms with Gasteiger partial charge in [0.2, 0.25) is 5.95 Å². The summed E-state index contributed by atoms with van der Waals surface area (Å²) >= 11 is 0. The third-order valence-corrected chi connectivity index (χ3v) is 3.61. The summed E-state index contributed by atoms with van der Waals surface area (Å²) in [5.41, 5.74) is 3.38. The van der Waals surface area contributed by atoms with Gasteiger partial charge in [-0.05, 0) is 23.8 Å². The second-order valence-electron chi connectivity index (χ2n) is 5.20. The van der Waals surface area contributed by atoms with E-state index in [-0.39, 0.29) is 0 Å². The van der Waals surface area contributed by atoms with E-state index in [1.54, 1.807) is 12.3 Å². The molecular formula is C17H13FN6. The predicted molar refractivity (Wildman–Crippen MR) is 87.7 cm³/mol. The molecule has 0 spiro atoms. The molecule has 1 N–H and O–H groups in total. The van der Waals surface area contributed by atoms with E-state index in [0.717, 1.165) is 22.6 Å². The van der Waals surface area contributed by atoms with Gasteiger partial charge in [-0.1, -0.05) is 12.1 Å². The Morgan fingerprint density at radius 1 is 1.00 bits per heavy atom. The number of fused-ring (bicyclic) bond motifs is 1. The number of hydrogen-bond acceptors (Lipinski definition) is 5. The standard InChI is InChI=1S/C17H13FN6/c18-15-5-4-12(8-19-15)9-20-16-7-13(22-11-23-16)14-10-21-17-3-1-2-6-24(14)17/h1-8,10-11H,9H2,(H,20,22,23). The van der Waals surface area contributed by atoms with E-state index in [1.807, 2.05) is 34.9 Å². The van der Waals surface area contributed by atoms with Gasteiger partial charge in [-0.15, -0.1) is 0 Å². The number of anilines is 1. The molecule has 0 unspecified atom stereocenters. The molecule has 0 amide bonds. The Labute approximate surface area is 137 Å². The fourth-order valence-electron chi connectivity index (χ4n) is 2.42. The molecule has 0 fully saturated rings. The molecule has 4 heterocycles. The van der Waals surface area contributed by atoms with Crippen molar-refractivity contribution in [3.05, 3.63) is 72.8 Å². The first-order valence-electron chi connectivity index (χ1n) is 7.38. The third-order valence-electron chi connectivity index (χ3n) is 3.61. The Balaban J connectivity index is 1.58. The van der Waals surface area contributed by atoms with Crippen LogP contribution in [0.4, 0.5) is 10.2 Å². The Morgan fingerprint density at radius 3 is 2.83 bits per heavy atom. The lowest BCUT2D eigenvalue weighted by molar-refractivity contribution is 0.582. The summed E-state index contributed by atoms with van der Waals surface area (Å²) < 4.78 is 14.8. The van der Waals surface area contributed by atoms with Crippen molar-refractivity contribution in [1.29, 1.82) is 0 Å². The van der Waals surface area contributed by atoms with Crippen LogP contribution in [0.5, 0.6) is 0 Å². The zero-order valence-corrected chi connectivity index (χ0v) is 12.6. The van der Waals surface area contributed by atoms with E-state index in [9.17, 15) is 4.39 Å². The van der Waals surface area contributed by atoms with Crippen LogP contribution >= 0.6 is 0 Å². The van der Waals surface area contributed by atoms with Gasteiger partial charge in [0.05, 0.1) is 17.6 Å². The number of rotatable bonds is 4. The summed E-state index contributed by atoms with van der Waals surface area (Å²) in [6.45, 7) is 0.497. The number of nitrogens with zero attached hydrogens (tertiary/aromatic N) is 5. The van der Waals surface area contributed by atoms with Crippen LogP contribution in [0, 0.1) is 5.95 Å². The Morgan fingerprint density at radius 2 is 1.96 bits per heavy atom. The van der Waals surface area contributed by atoms with Gasteiger partial charge in [-0.2, -0.15) is 4.39 Å². The number of pyridine rings is 2. The molecule has 4 aromatic heterocycles. The molecule has 0 aliphatic heterocycles. The first kappa shape index (κ1) is 14.3. The van der Waals surface area contributed by atoms with Gasteiger partial charge in [0.15, 0.2) is 0 Å². The first-order chi connectivity index (χ1) is 11.8. The van der Waals surface area contributed by atoms with Crippen LogP contribution in [0.3, 0.4) is 0 Å². The monoisotopic (exact) mass is 320 g/mol. The summed E-state index contributed by atoms with van der Waals surface area (Å²) in [4.78, 5) is 16.5. The predicted octanol–water partition coefficient (Wildman–Crippen LogP) is 2.94. The summed E-state index contributed by atoms with van der Waals surface area (Å²) in [5.74, 6) is 0.186. The van der Waals surface area contributed by atoms with Crippen molar-refractivity contribution in [3.8, 4) is 11.4 Å². The van der Waals surface area contributed by atoms with Crippen molar-refractivity contribution in [1.82, 2.24) is 24.3 Å². The van der Waals surface area contributed by atoms with Crippen molar-refractivity contribution in [2.75, 3.05) is 5.32 Å². The maximum absolute atomic E-state index is 12.8. The average molecular weight is 320 g/mol. The summed E-state index contributed by atoms with van der Waals surface area (Å²) in [7, 11) is 0. The molecule has 6 nitrogen and oxygen atoms in total. The SMILES string of the molecule is Fc1ccc(CNc2cc(-c3cnc4ccccn34)ncn2)cn1. The average Bonchev–Trinajstić information content (AvgIpc) is 3.06. The number of aromatic nitrogens is 5. The van der Waals surface area contributed by atoms with Crippen LogP contribution in [0.2, 0.25) is 0 Å². The minimum Gasteiger partial charge on any atom is -0.366 e. The third kappa shape index (κ3) is 2.79. The molecule has 4 aromatic rings. The minimum absolute atomic E-state index is 0.490. The highest BCUT2D eigenvalue weighted by atomic mass is 19.1. The highest BCUT2D eigenvalue weighted by Gasteiger charge is 2.08. The van der Waals surface area contributed by atoms with E-state index < -0.39 is 5.95 Å². The smallest absolute Gasteiger partial charge is 0.212 e. The fourth-order valence-corrected chi connectivity index (χ4v) is 2.42. The van der Waals surface area contributed by atoms with E-state index in [4.69, 9.17) is 0 Å². The van der Waals surface area contributed by atoms with Gasteiger partial charge < -0.3 is 5.32 Å². The maximum Gasteiger partial charge on any atom is 0.212 e. The summed E-state index contributed by atoms with van der Waals surface area (Å²) in [6.07, 6.45) is 6.72. The van der Waals surface area contributed by atoms with Crippen molar-refractivity contribution >= 4 is 11.5 Å². The molecule has 0 saturated heterocycles. The van der Waals surface area contributed by atoms with Crippen LogP contribution in [-0.2, 0) is 6.54 Å². The van der Waals surface area contributed by atoms with Gasteiger partial charge >= 0.3 is 0 Å². The second kappa shape index (κ2) is 6.04. The molecule has 0 aliphatic rings. The van der Waals surface area contributed by atoms with Crippen LogP contribution in [0.25, 0.3) is 17.0 Å². The molecule has 0 saturated carbocycles. The molecule has 0 atom stereocenters. The minimum atomic E-state index is -0.490. The summed E-state index contributed by atoms with van der Waals surface area (Å²) in [6, 6.07) is 10.7. The molecular weight excluding hydrogens is 307 g/mol. The van der Waals surface area contributed by atoms with Crippen molar-refractivity contribution in [2.24, 2.45) is 0 Å². The Kier molecular flexibility index (Phi) is 3.59. The molecule has 4 rings (SSSR count). The lowest BCUT2D eigenvalue weighted by Crippen LogP contribution is -2.03. The molecule has 7 heteroatoms. The zero-order chi connectivity index (χ0) is 16.4. The van der Waals surface area contributed by atoms with Gasteiger partial charge in [-0.25, -0.2) is 19.9 Å². The fraction of sp³-hybridized carbons (Fsp3) is 0.0588. The largest absolute Gasteiger partial charge is 0.366 e. The highest BCUT2D eigenvalue weighted by molar-refractivity contribution is 5.62. The van der Waals surface area contributed by atoms with E-state index >= 15 is 0 Å². The molecule has 0 radical (unpaired) electrons. The zero-order valence-electron chi connectivity index (χ0n) is 12.6. The van der Waals surface area contributed by atoms with E-state index in [2.05, 4.69) is 25.3 Å². The molecule has 0 aromatic carbocycles. The number of hydrogen-bond donors (Lipinski definition) is 1. The van der Waals surface area contributed by atoms with Crippen molar-refractivity contribution in [2.45, 2.75) is 6.54 Å². The van der Waals surface area contributed by atoms with Crippen LogP contribution in [0.15, 0.2) is 61.3 Å². The van der Waals surface area contributed by atoms with Crippen LogP contribution in [0.1, 0.15) is 5.56 Å². The quantitative estimate of drug-likeness (QED) is 0.586. The maximum atomic E-state index is 12.8. The lowest BCUT2D eigenvalue weighted by Gasteiger charge is -2.07. The van der Waals surface area contributed by atoms with E-state index in [0.29, 0.717) is 12.4 Å². The topological polar surface area (TPSA) is 68.0 Å². The van der Waals surface area contributed by atoms with Gasteiger partial charge in [-0.3, -0.25) is 4.40 Å². The number of imidazole rings is 1. The van der Waals surface area contributed by atoms with Crippen molar-refractivity contribution in [3.63, 3.8) is 0 Å². The molecule has 0 aliphatic carbocycles. The van der Waals surface area contributed by atoms with Crippen LogP contribution < -0.4 is 5.32 Å². The molecule has 118 valence electrons. The lowest BCUT2D eigenvalue weighted by atomic mass is 10.2. The number of nitrogens with one attached hydrogen (secondary N) is 1. The summed E-state index contributed by atoms with van der Waals surface area (Å²) in [5, 5.41) is 3.19.